The van der Waals surface area contributed by atoms with Gasteiger partial charge in [0.1, 0.15) is 0 Å². The van der Waals surface area contributed by atoms with E-state index in [1.165, 1.54) is 30.5 Å². The molecule has 1 aliphatic carbocycles. The lowest BCUT2D eigenvalue weighted by Gasteiger charge is -2.21. The van der Waals surface area contributed by atoms with Crippen molar-refractivity contribution < 1.29 is 4.79 Å². The highest BCUT2D eigenvalue weighted by atomic mass is 16.1. The predicted octanol–water partition coefficient (Wildman–Crippen LogP) is 3.34. The first-order valence-electron chi connectivity index (χ1n) is 7.13. The zero-order valence-corrected chi connectivity index (χ0v) is 11.1. The van der Waals surface area contributed by atoms with E-state index in [4.69, 9.17) is 0 Å². The molecule has 0 saturated carbocycles. The third-order valence-electron chi connectivity index (χ3n) is 3.97. The molecule has 1 heterocycles. The molecule has 0 spiro atoms. The molecule has 1 atom stereocenters. The highest BCUT2D eigenvalue weighted by Crippen LogP contribution is 2.26. The lowest BCUT2D eigenvalue weighted by Crippen LogP contribution is -2.19. The van der Waals surface area contributed by atoms with Crippen LogP contribution in [-0.2, 0) is 11.2 Å². The van der Waals surface area contributed by atoms with Crippen molar-refractivity contribution in [2.45, 2.75) is 32.1 Å². The van der Waals surface area contributed by atoms with Crippen LogP contribution in [0, 0.1) is 5.92 Å². The summed E-state index contributed by atoms with van der Waals surface area (Å²) in [5, 5.41) is 6.45. The smallest absolute Gasteiger partial charge is 0.224 e. The molecule has 1 amide bonds. The maximum Gasteiger partial charge on any atom is 0.224 e. The molecule has 1 aromatic carbocycles. The fraction of sp³-hybridized carbons (Fsp3) is 0.438. The summed E-state index contributed by atoms with van der Waals surface area (Å²) < 4.78 is 0. The molecule has 2 N–H and O–H groups in total. The van der Waals surface area contributed by atoms with Crippen molar-refractivity contribution in [2.75, 3.05) is 17.2 Å². The first kappa shape index (κ1) is 12.3. The summed E-state index contributed by atoms with van der Waals surface area (Å²) in [6, 6.07) is 6.24. The number of carbonyl (C=O) groups is 1. The van der Waals surface area contributed by atoms with Gasteiger partial charge in [0.2, 0.25) is 5.91 Å². The quantitative estimate of drug-likeness (QED) is 0.814. The highest BCUT2D eigenvalue weighted by Gasteiger charge is 2.15. The zero-order valence-electron chi connectivity index (χ0n) is 11.1. The first-order chi connectivity index (χ1) is 9.31. The van der Waals surface area contributed by atoms with Gasteiger partial charge in [-0.05, 0) is 55.4 Å². The molecule has 3 nitrogen and oxygen atoms in total. The maximum absolute atomic E-state index is 11.3. The van der Waals surface area contributed by atoms with E-state index in [-0.39, 0.29) is 5.91 Å². The third kappa shape index (κ3) is 2.98. The Morgan fingerprint density at radius 1 is 1.26 bits per heavy atom. The van der Waals surface area contributed by atoms with Gasteiger partial charge in [0.15, 0.2) is 0 Å². The van der Waals surface area contributed by atoms with Crippen molar-refractivity contribution >= 4 is 17.3 Å². The van der Waals surface area contributed by atoms with Gasteiger partial charge in [-0.2, -0.15) is 0 Å². The Balaban J connectivity index is 1.62. The Kier molecular flexibility index (Phi) is 3.53. The van der Waals surface area contributed by atoms with Crippen molar-refractivity contribution in [3.8, 4) is 0 Å². The topological polar surface area (TPSA) is 41.1 Å². The number of amides is 1. The van der Waals surface area contributed by atoms with E-state index < -0.39 is 0 Å². The number of anilines is 2. The van der Waals surface area contributed by atoms with E-state index in [1.54, 1.807) is 0 Å². The lowest BCUT2D eigenvalue weighted by molar-refractivity contribution is -0.116. The minimum atomic E-state index is 0.127. The number of allylic oxidation sites excluding steroid dienone is 2. The lowest BCUT2D eigenvalue weighted by atomic mass is 9.94. The van der Waals surface area contributed by atoms with Crippen LogP contribution in [-0.4, -0.2) is 12.5 Å². The third-order valence-corrected chi connectivity index (χ3v) is 3.97. The maximum atomic E-state index is 11.3. The van der Waals surface area contributed by atoms with Crippen LogP contribution in [0.15, 0.2) is 30.4 Å². The molecular formula is C16H20N2O. The number of hydrogen-bond donors (Lipinski definition) is 2. The van der Waals surface area contributed by atoms with E-state index in [2.05, 4.69) is 34.9 Å². The van der Waals surface area contributed by atoms with Crippen LogP contribution in [0.5, 0.6) is 0 Å². The van der Waals surface area contributed by atoms with Gasteiger partial charge < -0.3 is 10.6 Å². The molecule has 0 aromatic heterocycles. The molecule has 0 saturated heterocycles. The number of rotatable bonds is 3. The van der Waals surface area contributed by atoms with Crippen LogP contribution in [0.4, 0.5) is 11.4 Å². The average Bonchev–Trinajstić information content (AvgIpc) is 2.46. The standard InChI is InChI=1S/C16H20N2O/c19-16-9-6-13-10-14(7-8-15(13)18-16)17-11-12-4-2-1-3-5-12/h1-2,7-8,10,12,17H,3-6,9,11H2,(H,18,19). The number of nitrogens with one attached hydrogen (secondary N) is 2. The molecule has 0 bridgehead atoms. The van der Waals surface area contributed by atoms with Crippen molar-refractivity contribution in [3.05, 3.63) is 35.9 Å². The molecule has 100 valence electrons. The van der Waals surface area contributed by atoms with Gasteiger partial charge in [0.25, 0.3) is 0 Å². The second-order valence-electron chi connectivity index (χ2n) is 5.45. The molecule has 1 aliphatic heterocycles. The van der Waals surface area contributed by atoms with Crippen molar-refractivity contribution in [2.24, 2.45) is 5.92 Å². The number of fused-ring (bicyclic) bond motifs is 1. The molecule has 0 radical (unpaired) electrons. The minimum absolute atomic E-state index is 0.127. The summed E-state index contributed by atoms with van der Waals surface area (Å²) in [7, 11) is 0. The Bertz CT molecular complexity index is 507. The fourth-order valence-corrected chi connectivity index (χ4v) is 2.80. The van der Waals surface area contributed by atoms with Crippen molar-refractivity contribution in [3.63, 3.8) is 0 Å². The summed E-state index contributed by atoms with van der Waals surface area (Å²) in [5.41, 5.74) is 3.39. The summed E-state index contributed by atoms with van der Waals surface area (Å²) in [5.74, 6) is 0.878. The van der Waals surface area contributed by atoms with Crippen LogP contribution < -0.4 is 10.6 Å². The van der Waals surface area contributed by atoms with Gasteiger partial charge in [0, 0.05) is 24.3 Å². The van der Waals surface area contributed by atoms with Crippen molar-refractivity contribution in [1.82, 2.24) is 0 Å². The van der Waals surface area contributed by atoms with E-state index in [0.717, 1.165) is 24.6 Å². The molecule has 1 unspecified atom stereocenters. The average molecular weight is 256 g/mol. The monoisotopic (exact) mass is 256 g/mol. The van der Waals surface area contributed by atoms with E-state index >= 15 is 0 Å². The van der Waals surface area contributed by atoms with E-state index in [1.807, 2.05) is 6.07 Å². The second kappa shape index (κ2) is 5.47. The normalized spacial score (nSPS) is 21.7. The van der Waals surface area contributed by atoms with Gasteiger partial charge in [-0.25, -0.2) is 0 Å². The summed E-state index contributed by atoms with van der Waals surface area (Å²) in [4.78, 5) is 11.3. The van der Waals surface area contributed by atoms with Gasteiger partial charge in [0.05, 0.1) is 0 Å². The molecule has 19 heavy (non-hydrogen) atoms. The molecule has 3 rings (SSSR count). The predicted molar refractivity (Wildman–Crippen MR) is 78.4 cm³/mol. The van der Waals surface area contributed by atoms with Crippen LogP contribution in [0.25, 0.3) is 0 Å². The largest absolute Gasteiger partial charge is 0.385 e. The van der Waals surface area contributed by atoms with Crippen LogP contribution in [0.3, 0.4) is 0 Å². The fourth-order valence-electron chi connectivity index (χ4n) is 2.80. The van der Waals surface area contributed by atoms with Crippen molar-refractivity contribution in [1.29, 1.82) is 0 Å². The first-order valence-corrected chi connectivity index (χ1v) is 7.13. The SMILES string of the molecule is O=C1CCc2cc(NCC3CC=CCC3)ccc2N1. The van der Waals surface area contributed by atoms with Crippen LogP contribution in [0.2, 0.25) is 0 Å². The van der Waals surface area contributed by atoms with Gasteiger partial charge in [-0.1, -0.05) is 12.2 Å². The molecular weight excluding hydrogens is 236 g/mol. The Labute approximate surface area is 114 Å². The Hall–Kier alpha value is -1.77. The number of carbonyl (C=O) groups excluding carboxylic acids is 1. The van der Waals surface area contributed by atoms with Crippen LogP contribution >= 0.6 is 0 Å². The van der Waals surface area contributed by atoms with Crippen LogP contribution in [0.1, 0.15) is 31.2 Å². The summed E-state index contributed by atoms with van der Waals surface area (Å²) in [6.07, 6.45) is 9.70. The van der Waals surface area contributed by atoms with Gasteiger partial charge in [-0.15, -0.1) is 0 Å². The van der Waals surface area contributed by atoms with E-state index in [9.17, 15) is 4.79 Å². The molecule has 2 aliphatic rings. The zero-order chi connectivity index (χ0) is 13.1. The van der Waals surface area contributed by atoms with E-state index in [0.29, 0.717) is 6.42 Å². The number of benzene rings is 1. The summed E-state index contributed by atoms with van der Waals surface area (Å²) in [6.45, 7) is 1.04. The molecule has 1 aromatic rings. The number of aryl methyl sites for hydroxylation is 1. The second-order valence-corrected chi connectivity index (χ2v) is 5.45. The van der Waals surface area contributed by atoms with Gasteiger partial charge >= 0.3 is 0 Å². The highest BCUT2D eigenvalue weighted by molar-refractivity contribution is 5.94. The Morgan fingerprint density at radius 2 is 2.21 bits per heavy atom. The summed E-state index contributed by atoms with van der Waals surface area (Å²) >= 11 is 0. The number of hydrogen-bond acceptors (Lipinski definition) is 2. The van der Waals surface area contributed by atoms with Gasteiger partial charge in [-0.3, -0.25) is 4.79 Å². The molecule has 3 heteroatoms. The minimum Gasteiger partial charge on any atom is -0.385 e. The molecule has 0 fully saturated rings. The Morgan fingerprint density at radius 3 is 3.05 bits per heavy atom.